The number of nitrogens with one attached hydrogen (secondary N) is 1. The molecule has 1 heterocycles. The highest BCUT2D eigenvalue weighted by atomic mass is 16.4. The maximum Gasteiger partial charge on any atom is 0.326 e. The second-order valence-electron chi connectivity index (χ2n) is 5.40. The number of aliphatic carboxylic acids is 2. The number of urea groups is 1. The number of carboxylic acids is 2. The van der Waals surface area contributed by atoms with Crippen LogP contribution in [0.1, 0.15) is 12.8 Å². The van der Waals surface area contributed by atoms with Crippen molar-refractivity contribution in [2.24, 2.45) is 0 Å². The average Bonchev–Trinajstić information content (AvgIpc) is 2.67. The fourth-order valence-electron chi connectivity index (χ4n) is 2.34. The number of carboxylic acid groups (broad SMARTS) is 2. The second-order valence-corrected chi connectivity index (χ2v) is 5.40. The highest BCUT2D eigenvalue weighted by molar-refractivity contribution is 5.86. The van der Waals surface area contributed by atoms with Crippen molar-refractivity contribution in [3.05, 3.63) is 0 Å². The van der Waals surface area contributed by atoms with Gasteiger partial charge in [0, 0.05) is 19.1 Å². The Hall–Kier alpha value is -1.87. The molecule has 4 N–H and O–H groups in total. The van der Waals surface area contributed by atoms with Crippen molar-refractivity contribution in [2.45, 2.75) is 31.0 Å². The maximum absolute atomic E-state index is 12.1. The molecule has 9 nitrogen and oxygen atoms in total. The molecule has 0 radical (unpaired) electrons. The van der Waals surface area contributed by atoms with Crippen LogP contribution in [-0.4, -0.2) is 88.5 Å². The Morgan fingerprint density at radius 2 is 1.95 bits per heavy atom. The molecule has 21 heavy (non-hydrogen) atoms. The molecule has 0 bridgehead atoms. The summed E-state index contributed by atoms with van der Waals surface area (Å²) < 4.78 is 0. The summed E-state index contributed by atoms with van der Waals surface area (Å²) in [4.78, 5) is 36.9. The van der Waals surface area contributed by atoms with Gasteiger partial charge in [0.15, 0.2) is 0 Å². The normalized spacial score (nSPS) is 23.1. The molecule has 1 saturated heterocycles. The lowest BCUT2D eigenvalue weighted by molar-refractivity contribution is -0.145. The molecule has 1 aliphatic heterocycles. The van der Waals surface area contributed by atoms with Crippen LogP contribution >= 0.6 is 0 Å². The number of hydrogen-bond acceptors (Lipinski definition) is 5. The summed E-state index contributed by atoms with van der Waals surface area (Å²) in [6, 6.07) is -2.41. The molecule has 1 aliphatic rings. The van der Waals surface area contributed by atoms with Gasteiger partial charge in [-0.1, -0.05) is 0 Å². The highest BCUT2D eigenvalue weighted by Gasteiger charge is 2.36. The van der Waals surface area contributed by atoms with Gasteiger partial charge in [0.2, 0.25) is 0 Å². The van der Waals surface area contributed by atoms with Crippen LogP contribution < -0.4 is 5.32 Å². The van der Waals surface area contributed by atoms with Crippen LogP contribution in [0.15, 0.2) is 0 Å². The maximum atomic E-state index is 12.1. The SMILES string of the molecule is CN(C)CC1CC(O)CN1C(=O)N[C@@H](CC(=O)O)C(=O)O. The van der Waals surface area contributed by atoms with E-state index in [2.05, 4.69) is 5.32 Å². The van der Waals surface area contributed by atoms with E-state index < -0.39 is 36.5 Å². The van der Waals surface area contributed by atoms with Gasteiger partial charge < -0.3 is 30.4 Å². The zero-order valence-corrected chi connectivity index (χ0v) is 12.0. The van der Waals surface area contributed by atoms with Gasteiger partial charge in [-0.3, -0.25) is 4.79 Å². The number of rotatable bonds is 6. The molecule has 9 heteroatoms. The van der Waals surface area contributed by atoms with Crippen LogP contribution in [0, 0.1) is 0 Å². The Balaban J connectivity index is 2.71. The number of likely N-dealkylation sites (N-methyl/N-ethyl adjacent to an activating group) is 1. The lowest BCUT2D eigenvalue weighted by Gasteiger charge is -2.28. The van der Waals surface area contributed by atoms with Gasteiger partial charge >= 0.3 is 18.0 Å². The average molecular weight is 303 g/mol. The fraction of sp³-hybridized carbons (Fsp3) is 0.750. The molecular formula is C12H21N3O6. The van der Waals surface area contributed by atoms with Crippen LogP contribution in [0.5, 0.6) is 0 Å². The number of amides is 2. The Morgan fingerprint density at radius 3 is 2.43 bits per heavy atom. The first-order valence-electron chi connectivity index (χ1n) is 6.55. The number of hydrogen-bond donors (Lipinski definition) is 4. The lowest BCUT2D eigenvalue weighted by Crippen LogP contribution is -2.51. The number of aliphatic hydroxyl groups excluding tert-OH is 1. The first kappa shape index (κ1) is 17.2. The second kappa shape index (κ2) is 7.23. The van der Waals surface area contributed by atoms with Crippen molar-refractivity contribution in [1.82, 2.24) is 15.1 Å². The monoisotopic (exact) mass is 303 g/mol. The minimum Gasteiger partial charge on any atom is -0.481 e. The molecule has 3 atom stereocenters. The number of aliphatic hydroxyl groups is 1. The van der Waals surface area contributed by atoms with Crippen molar-refractivity contribution < 1.29 is 29.7 Å². The fourth-order valence-corrected chi connectivity index (χ4v) is 2.34. The van der Waals surface area contributed by atoms with E-state index in [0.29, 0.717) is 13.0 Å². The molecule has 0 aromatic heterocycles. The number of likely N-dealkylation sites (tertiary alicyclic amines) is 1. The largest absolute Gasteiger partial charge is 0.481 e. The molecular weight excluding hydrogens is 282 g/mol. The topological polar surface area (TPSA) is 130 Å². The predicted octanol–water partition coefficient (Wildman–Crippen LogP) is -1.38. The molecule has 120 valence electrons. The molecule has 0 spiro atoms. The smallest absolute Gasteiger partial charge is 0.326 e. The molecule has 0 aromatic rings. The van der Waals surface area contributed by atoms with Gasteiger partial charge in [-0.15, -0.1) is 0 Å². The molecule has 2 amide bonds. The van der Waals surface area contributed by atoms with E-state index in [1.165, 1.54) is 4.90 Å². The first-order chi connectivity index (χ1) is 9.70. The van der Waals surface area contributed by atoms with E-state index in [4.69, 9.17) is 10.2 Å². The Kier molecular flexibility index (Phi) is 5.91. The van der Waals surface area contributed by atoms with E-state index in [0.717, 1.165) is 0 Å². The summed E-state index contributed by atoms with van der Waals surface area (Å²) in [5, 5.41) is 29.4. The van der Waals surface area contributed by atoms with Crippen LogP contribution in [0.25, 0.3) is 0 Å². The third-order valence-corrected chi connectivity index (χ3v) is 3.20. The van der Waals surface area contributed by atoms with Gasteiger partial charge in [-0.2, -0.15) is 0 Å². The standard InChI is InChI=1S/C12H21N3O6/c1-14(2)5-7-3-8(16)6-15(7)12(21)13-9(11(19)20)4-10(17)18/h7-9,16H,3-6H2,1-2H3,(H,13,21)(H,17,18)(H,19,20)/t7?,8?,9-/m0/s1. The summed E-state index contributed by atoms with van der Waals surface area (Å²) in [6.45, 7) is 0.630. The van der Waals surface area contributed by atoms with E-state index in [1.807, 2.05) is 19.0 Å². The predicted molar refractivity (Wildman–Crippen MR) is 71.9 cm³/mol. The van der Waals surface area contributed by atoms with Gasteiger partial charge in [0.05, 0.1) is 12.5 Å². The van der Waals surface area contributed by atoms with Crippen molar-refractivity contribution in [3.8, 4) is 0 Å². The van der Waals surface area contributed by atoms with Crippen LogP contribution in [0.3, 0.4) is 0 Å². The van der Waals surface area contributed by atoms with Crippen molar-refractivity contribution >= 4 is 18.0 Å². The summed E-state index contributed by atoms with van der Waals surface area (Å²) >= 11 is 0. The highest BCUT2D eigenvalue weighted by Crippen LogP contribution is 2.18. The Bertz CT molecular complexity index is 414. The molecule has 1 rings (SSSR count). The zero-order valence-electron chi connectivity index (χ0n) is 12.0. The van der Waals surface area contributed by atoms with E-state index in [1.54, 1.807) is 0 Å². The minimum atomic E-state index is -1.49. The van der Waals surface area contributed by atoms with Crippen molar-refractivity contribution in [2.75, 3.05) is 27.2 Å². The molecule has 0 aromatic carbocycles. The van der Waals surface area contributed by atoms with Crippen molar-refractivity contribution in [3.63, 3.8) is 0 Å². The number of β-amino-alcohol motifs (C(OH)–C–C–N with tert-alkyl or cyclic N) is 1. The van der Waals surface area contributed by atoms with E-state index in [9.17, 15) is 19.5 Å². The van der Waals surface area contributed by atoms with Crippen molar-refractivity contribution in [1.29, 1.82) is 0 Å². The number of nitrogens with zero attached hydrogens (tertiary/aromatic N) is 2. The minimum absolute atomic E-state index is 0.101. The van der Waals surface area contributed by atoms with Gasteiger partial charge in [0.1, 0.15) is 6.04 Å². The summed E-state index contributed by atoms with van der Waals surface area (Å²) in [7, 11) is 3.65. The Morgan fingerprint density at radius 1 is 1.33 bits per heavy atom. The lowest BCUT2D eigenvalue weighted by atomic mass is 10.2. The third-order valence-electron chi connectivity index (χ3n) is 3.20. The van der Waals surface area contributed by atoms with Crippen LogP contribution in [-0.2, 0) is 9.59 Å². The van der Waals surface area contributed by atoms with E-state index >= 15 is 0 Å². The van der Waals surface area contributed by atoms with Gasteiger partial charge in [0.25, 0.3) is 0 Å². The first-order valence-corrected chi connectivity index (χ1v) is 6.55. The summed E-state index contributed by atoms with van der Waals surface area (Å²) in [5.74, 6) is -2.72. The van der Waals surface area contributed by atoms with E-state index in [-0.39, 0.29) is 12.6 Å². The molecule has 0 saturated carbocycles. The van der Waals surface area contributed by atoms with Crippen LogP contribution in [0.2, 0.25) is 0 Å². The number of carbonyl (C=O) groups is 3. The molecule has 1 fully saturated rings. The van der Waals surface area contributed by atoms with Gasteiger partial charge in [-0.05, 0) is 20.5 Å². The Labute approximate surface area is 122 Å². The summed E-state index contributed by atoms with van der Waals surface area (Å²) in [6.07, 6.45) is -0.957. The molecule has 0 aliphatic carbocycles. The van der Waals surface area contributed by atoms with Crippen LogP contribution in [0.4, 0.5) is 4.79 Å². The number of carbonyl (C=O) groups excluding carboxylic acids is 1. The van der Waals surface area contributed by atoms with Gasteiger partial charge in [-0.25, -0.2) is 9.59 Å². The third kappa shape index (κ3) is 5.20. The quantitative estimate of drug-likeness (QED) is 0.475. The zero-order chi connectivity index (χ0) is 16.2. The summed E-state index contributed by atoms with van der Waals surface area (Å²) in [5.41, 5.74) is 0. The molecule has 2 unspecified atom stereocenters.